The first-order chi connectivity index (χ1) is 13.8. The van der Waals surface area contributed by atoms with Crippen molar-refractivity contribution in [2.24, 2.45) is 0 Å². The Morgan fingerprint density at radius 3 is 2.41 bits per heavy atom. The molecule has 3 amide bonds. The van der Waals surface area contributed by atoms with E-state index >= 15 is 0 Å². The second kappa shape index (κ2) is 7.51. The molecule has 2 heterocycles. The third-order valence-corrected chi connectivity index (χ3v) is 6.34. The molecule has 3 fully saturated rings. The molecule has 0 aromatic heterocycles. The number of amides is 3. The van der Waals surface area contributed by atoms with Crippen LogP contribution in [0.4, 0.5) is 23.7 Å². The molecule has 1 aromatic carbocycles. The molecule has 158 valence electrons. The molecule has 1 spiro atoms. The van der Waals surface area contributed by atoms with Crippen molar-refractivity contribution in [3.63, 3.8) is 0 Å². The minimum Gasteiger partial charge on any atom is -0.360 e. The van der Waals surface area contributed by atoms with Crippen LogP contribution in [0.25, 0.3) is 0 Å². The number of anilines is 1. The molecule has 2 aliphatic heterocycles. The maximum absolute atomic E-state index is 13.0. The van der Waals surface area contributed by atoms with Crippen LogP contribution in [-0.2, 0) is 11.0 Å². The van der Waals surface area contributed by atoms with E-state index in [0.717, 1.165) is 30.2 Å². The molecular formula is C20H26F3N4O2+. The number of carbonyl (C=O) groups is 2. The van der Waals surface area contributed by atoms with Crippen LogP contribution in [0.2, 0.25) is 0 Å². The Kier molecular flexibility index (Phi) is 5.18. The SMILES string of the molecule is O=C1NC2(CCCCC2)C(=O)N1C[NH+]1CCN(c2cccc(C(F)(F)F)c2)CC1. The van der Waals surface area contributed by atoms with E-state index in [0.29, 0.717) is 51.4 Å². The fourth-order valence-corrected chi connectivity index (χ4v) is 4.66. The number of nitrogens with zero attached hydrogens (tertiary/aromatic N) is 2. The number of carbonyl (C=O) groups excluding carboxylic acids is 2. The van der Waals surface area contributed by atoms with Gasteiger partial charge in [-0.3, -0.25) is 4.79 Å². The highest BCUT2D eigenvalue weighted by molar-refractivity contribution is 6.06. The van der Waals surface area contributed by atoms with Crippen molar-refractivity contribution in [3.8, 4) is 0 Å². The molecule has 6 nitrogen and oxygen atoms in total. The lowest BCUT2D eigenvalue weighted by atomic mass is 9.82. The van der Waals surface area contributed by atoms with Gasteiger partial charge in [0.15, 0.2) is 6.67 Å². The number of quaternary nitrogens is 1. The zero-order chi connectivity index (χ0) is 20.6. The van der Waals surface area contributed by atoms with Gasteiger partial charge in [0.1, 0.15) is 5.54 Å². The van der Waals surface area contributed by atoms with Gasteiger partial charge in [0.2, 0.25) is 0 Å². The zero-order valence-corrected chi connectivity index (χ0v) is 16.2. The van der Waals surface area contributed by atoms with E-state index in [9.17, 15) is 22.8 Å². The summed E-state index contributed by atoms with van der Waals surface area (Å²) in [5.41, 5.74) is -0.814. The number of rotatable bonds is 3. The first-order valence-corrected chi connectivity index (χ1v) is 10.2. The van der Waals surface area contributed by atoms with Crippen LogP contribution in [0.1, 0.15) is 37.7 Å². The van der Waals surface area contributed by atoms with Gasteiger partial charge in [-0.25, -0.2) is 9.69 Å². The Morgan fingerprint density at radius 1 is 1.07 bits per heavy atom. The highest BCUT2D eigenvalue weighted by Gasteiger charge is 2.52. The maximum Gasteiger partial charge on any atom is 0.416 e. The molecular weight excluding hydrogens is 385 g/mol. The summed E-state index contributed by atoms with van der Waals surface area (Å²) >= 11 is 0. The molecule has 2 saturated heterocycles. The largest absolute Gasteiger partial charge is 0.416 e. The van der Waals surface area contributed by atoms with Gasteiger partial charge < -0.3 is 15.1 Å². The predicted octanol–water partition coefficient (Wildman–Crippen LogP) is 1.62. The number of alkyl halides is 3. The quantitative estimate of drug-likeness (QED) is 0.744. The van der Waals surface area contributed by atoms with E-state index in [2.05, 4.69) is 5.32 Å². The Bertz CT molecular complexity index is 784. The molecule has 1 saturated carbocycles. The summed E-state index contributed by atoms with van der Waals surface area (Å²) in [5, 5.41) is 2.92. The third kappa shape index (κ3) is 3.92. The maximum atomic E-state index is 13.0. The lowest BCUT2D eigenvalue weighted by Gasteiger charge is -2.35. The summed E-state index contributed by atoms with van der Waals surface area (Å²) in [5.74, 6) is -0.116. The van der Waals surface area contributed by atoms with Crippen molar-refractivity contribution < 1.29 is 27.7 Å². The minimum absolute atomic E-state index is 0.116. The topological polar surface area (TPSA) is 57.1 Å². The van der Waals surface area contributed by atoms with Crippen molar-refractivity contribution >= 4 is 17.6 Å². The summed E-state index contributed by atoms with van der Waals surface area (Å²) in [6, 6.07) is 5.04. The Labute approximate surface area is 167 Å². The second-order valence-electron chi connectivity index (χ2n) is 8.25. The van der Waals surface area contributed by atoms with Crippen molar-refractivity contribution in [2.75, 3.05) is 37.7 Å². The summed E-state index contributed by atoms with van der Waals surface area (Å²) in [6.07, 6.45) is 0.0273. The first kappa shape index (κ1) is 20.0. The second-order valence-corrected chi connectivity index (χ2v) is 8.25. The summed E-state index contributed by atoms with van der Waals surface area (Å²) in [6.45, 7) is 2.76. The van der Waals surface area contributed by atoms with E-state index in [-0.39, 0.29) is 11.9 Å². The average molecular weight is 411 g/mol. The van der Waals surface area contributed by atoms with Crippen molar-refractivity contribution in [1.29, 1.82) is 0 Å². The molecule has 4 rings (SSSR count). The van der Waals surface area contributed by atoms with E-state index in [1.54, 1.807) is 6.07 Å². The molecule has 0 radical (unpaired) electrons. The van der Waals surface area contributed by atoms with E-state index in [1.807, 2.05) is 4.90 Å². The standard InChI is InChI=1S/C20H25F3N4O2/c21-20(22,23)15-5-4-6-16(13-15)26-11-9-25(10-12-26)14-27-17(28)19(24-18(27)29)7-2-1-3-8-19/h4-6,13H,1-3,7-12,14H2,(H,24,29)/p+1. The lowest BCUT2D eigenvalue weighted by Crippen LogP contribution is -3.16. The summed E-state index contributed by atoms with van der Waals surface area (Å²) in [4.78, 5) is 29.7. The number of nitrogens with one attached hydrogen (secondary N) is 2. The van der Waals surface area contributed by atoms with Gasteiger partial charge in [-0.05, 0) is 31.0 Å². The Morgan fingerprint density at radius 2 is 1.76 bits per heavy atom. The van der Waals surface area contributed by atoms with Crippen LogP contribution in [0.5, 0.6) is 0 Å². The Hall–Kier alpha value is -2.29. The number of imide groups is 1. The molecule has 2 N–H and O–H groups in total. The van der Waals surface area contributed by atoms with E-state index in [1.165, 1.54) is 17.0 Å². The fourth-order valence-electron chi connectivity index (χ4n) is 4.66. The van der Waals surface area contributed by atoms with Crippen LogP contribution in [0, 0.1) is 0 Å². The smallest absolute Gasteiger partial charge is 0.360 e. The van der Waals surface area contributed by atoms with Gasteiger partial charge >= 0.3 is 12.2 Å². The molecule has 0 unspecified atom stereocenters. The highest BCUT2D eigenvalue weighted by atomic mass is 19.4. The minimum atomic E-state index is -4.36. The molecule has 1 aliphatic carbocycles. The molecule has 0 atom stereocenters. The molecule has 3 aliphatic rings. The van der Waals surface area contributed by atoms with E-state index in [4.69, 9.17) is 0 Å². The Balaban J connectivity index is 1.36. The molecule has 0 bridgehead atoms. The van der Waals surface area contributed by atoms with Crippen LogP contribution in [-0.4, -0.2) is 55.2 Å². The van der Waals surface area contributed by atoms with Crippen LogP contribution in [0.15, 0.2) is 24.3 Å². The van der Waals surface area contributed by atoms with Crippen molar-refractivity contribution in [2.45, 2.75) is 43.8 Å². The van der Waals surface area contributed by atoms with Crippen LogP contribution >= 0.6 is 0 Å². The zero-order valence-electron chi connectivity index (χ0n) is 16.2. The fraction of sp³-hybridized carbons (Fsp3) is 0.600. The van der Waals surface area contributed by atoms with Crippen molar-refractivity contribution in [3.05, 3.63) is 29.8 Å². The number of hydrogen-bond donors (Lipinski definition) is 2. The normalized spacial score (nSPS) is 23.0. The van der Waals surface area contributed by atoms with Gasteiger partial charge in [0, 0.05) is 5.69 Å². The number of piperazine rings is 1. The number of hydrogen-bond acceptors (Lipinski definition) is 3. The van der Waals surface area contributed by atoms with Gasteiger partial charge in [-0.1, -0.05) is 25.3 Å². The summed E-state index contributed by atoms with van der Waals surface area (Å²) in [7, 11) is 0. The number of urea groups is 1. The monoisotopic (exact) mass is 411 g/mol. The van der Waals surface area contributed by atoms with Gasteiger partial charge in [-0.15, -0.1) is 0 Å². The summed E-state index contributed by atoms with van der Waals surface area (Å²) < 4.78 is 38.9. The van der Waals surface area contributed by atoms with Crippen LogP contribution < -0.4 is 15.1 Å². The number of benzene rings is 1. The van der Waals surface area contributed by atoms with E-state index < -0.39 is 17.3 Å². The van der Waals surface area contributed by atoms with Crippen molar-refractivity contribution in [1.82, 2.24) is 10.2 Å². The average Bonchev–Trinajstić information content (AvgIpc) is 2.92. The van der Waals surface area contributed by atoms with Gasteiger partial charge in [-0.2, -0.15) is 13.2 Å². The van der Waals surface area contributed by atoms with Gasteiger partial charge in [0.05, 0.1) is 31.7 Å². The lowest BCUT2D eigenvalue weighted by molar-refractivity contribution is -0.907. The van der Waals surface area contributed by atoms with Gasteiger partial charge in [0.25, 0.3) is 5.91 Å². The molecule has 29 heavy (non-hydrogen) atoms. The predicted molar refractivity (Wildman–Crippen MR) is 100 cm³/mol. The van der Waals surface area contributed by atoms with Crippen LogP contribution in [0.3, 0.4) is 0 Å². The number of halogens is 3. The molecule has 1 aromatic rings. The highest BCUT2D eigenvalue weighted by Crippen LogP contribution is 2.33. The molecule has 9 heteroatoms. The third-order valence-electron chi connectivity index (χ3n) is 6.34. The first-order valence-electron chi connectivity index (χ1n) is 10.2.